The molecule has 5 heteroatoms. The largest absolute Gasteiger partial charge is 0.489 e. The van der Waals surface area contributed by atoms with E-state index in [1.165, 1.54) is 5.69 Å². The van der Waals surface area contributed by atoms with Gasteiger partial charge in [0.15, 0.2) is 0 Å². The Hall–Kier alpha value is -3.31. The molecule has 33 heavy (non-hydrogen) atoms. The van der Waals surface area contributed by atoms with Crippen LogP contribution in [0.15, 0.2) is 78.9 Å². The molecule has 1 aliphatic heterocycles. The molecule has 0 bridgehead atoms. The van der Waals surface area contributed by atoms with Gasteiger partial charge >= 0.3 is 0 Å². The van der Waals surface area contributed by atoms with E-state index in [9.17, 15) is 4.79 Å². The van der Waals surface area contributed by atoms with Crippen molar-refractivity contribution in [3.05, 3.63) is 90.0 Å². The number of ether oxygens (including phenoxy) is 2. The van der Waals surface area contributed by atoms with Crippen molar-refractivity contribution in [1.82, 2.24) is 0 Å². The monoisotopic (exact) mass is 444 g/mol. The van der Waals surface area contributed by atoms with E-state index in [0.717, 1.165) is 48.5 Å². The van der Waals surface area contributed by atoms with Gasteiger partial charge in [-0.2, -0.15) is 0 Å². The highest BCUT2D eigenvalue weighted by molar-refractivity contribution is 5.91. The highest BCUT2D eigenvalue weighted by Crippen LogP contribution is 2.23. The standard InChI is InChI=1S/C28H32N2O3/c1-32-26-16-18-30(19-17-26)25-13-11-24(12-14-25)29-28(31)15-10-22-8-5-9-27(20-22)33-21-23-6-3-2-4-7-23/h2-9,11-14,20,26H,10,15-19,21H2,1H3,(H,29,31). The smallest absolute Gasteiger partial charge is 0.224 e. The van der Waals surface area contributed by atoms with Gasteiger partial charge in [-0.3, -0.25) is 4.79 Å². The number of benzene rings is 3. The number of aryl methyl sites for hydroxylation is 1. The lowest BCUT2D eigenvalue weighted by Gasteiger charge is -2.33. The van der Waals surface area contributed by atoms with Crippen LogP contribution in [0, 0.1) is 0 Å². The fourth-order valence-electron chi connectivity index (χ4n) is 4.12. The van der Waals surface area contributed by atoms with Crippen molar-refractivity contribution < 1.29 is 14.3 Å². The number of methoxy groups -OCH3 is 1. The Morgan fingerprint density at radius 2 is 1.67 bits per heavy atom. The van der Waals surface area contributed by atoms with Crippen LogP contribution in [0.25, 0.3) is 0 Å². The minimum absolute atomic E-state index is 0.0132. The summed E-state index contributed by atoms with van der Waals surface area (Å²) in [6.07, 6.45) is 3.56. The van der Waals surface area contributed by atoms with Crippen LogP contribution in [0.5, 0.6) is 5.75 Å². The predicted octanol–water partition coefficient (Wildman–Crippen LogP) is 5.45. The van der Waals surface area contributed by atoms with Crippen molar-refractivity contribution in [3.63, 3.8) is 0 Å². The lowest BCUT2D eigenvalue weighted by atomic mass is 10.1. The number of piperidine rings is 1. The molecule has 1 amide bonds. The molecule has 0 aliphatic carbocycles. The Morgan fingerprint density at radius 3 is 2.39 bits per heavy atom. The van der Waals surface area contributed by atoms with E-state index in [0.29, 0.717) is 25.6 Å². The highest BCUT2D eigenvalue weighted by Gasteiger charge is 2.18. The van der Waals surface area contributed by atoms with E-state index in [-0.39, 0.29) is 5.91 Å². The van der Waals surface area contributed by atoms with Crippen molar-refractivity contribution in [2.75, 3.05) is 30.4 Å². The second-order valence-electron chi connectivity index (χ2n) is 8.44. The molecule has 0 unspecified atom stereocenters. The second-order valence-corrected chi connectivity index (χ2v) is 8.44. The Labute approximate surface area is 196 Å². The van der Waals surface area contributed by atoms with Crippen molar-refractivity contribution >= 4 is 17.3 Å². The fraction of sp³-hybridized carbons (Fsp3) is 0.321. The summed E-state index contributed by atoms with van der Waals surface area (Å²) < 4.78 is 11.3. The first-order chi connectivity index (χ1) is 16.2. The maximum absolute atomic E-state index is 12.5. The lowest BCUT2D eigenvalue weighted by Crippen LogP contribution is -2.36. The number of hydrogen-bond donors (Lipinski definition) is 1. The molecule has 1 aliphatic rings. The van der Waals surface area contributed by atoms with E-state index in [4.69, 9.17) is 9.47 Å². The second kappa shape index (κ2) is 11.5. The van der Waals surface area contributed by atoms with E-state index >= 15 is 0 Å². The van der Waals surface area contributed by atoms with Gasteiger partial charge in [0.1, 0.15) is 12.4 Å². The third-order valence-electron chi connectivity index (χ3n) is 6.08. The van der Waals surface area contributed by atoms with E-state index < -0.39 is 0 Å². The SMILES string of the molecule is COC1CCN(c2ccc(NC(=O)CCc3cccc(OCc4ccccc4)c3)cc2)CC1. The number of amides is 1. The first-order valence-corrected chi connectivity index (χ1v) is 11.6. The number of anilines is 2. The summed E-state index contributed by atoms with van der Waals surface area (Å²) in [5.41, 5.74) is 4.24. The zero-order chi connectivity index (χ0) is 22.9. The van der Waals surface area contributed by atoms with Crippen LogP contribution in [-0.4, -0.2) is 32.2 Å². The highest BCUT2D eigenvalue weighted by atomic mass is 16.5. The van der Waals surface area contributed by atoms with Gasteiger partial charge in [-0.25, -0.2) is 0 Å². The lowest BCUT2D eigenvalue weighted by molar-refractivity contribution is -0.116. The zero-order valence-corrected chi connectivity index (χ0v) is 19.2. The van der Waals surface area contributed by atoms with Crippen LogP contribution < -0.4 is 15.0 Å². The molecule has 3 aromatic carbocycles. The van der Waals surface area contributed by atoms with Crippen molar-refractivity contribution in [1.29, 1.82) is 0 Å². The summed E-state index contributed by atoms with van der Waals surface area (Å²) in [7, 11) is 1.79. The molecule has 0 atom stereocenters. The summed E-state index contributed by atoms with van der Waals surface area (Å²) in [6, 6.07) is 26.2. The van der Waals surface area contributed by atoms with Gasteiger partial charge < -0.3 is 19.7 Å². The van der Waals surface area contributed by atoms with Crippen LogP contribution in [0.4, 0.5) is 11.4 Å². The minimum Gasteiger partial charge on any atom is -0.489 e. The number of nitrogens with one attached hydrogen (secondary N) is 1. The van der Waals surface area contributed by atoms with Crippen molar-refractivity contribution in [3.8, 4) is 5.75 Å². The van der Waals surface area contributed by atoms with E-state index in [1.54, 1.807) is 7.11 Å². The van der Waals surface area contributed by atoms with Gasteiger partial charge in [-0.1, -0.05) is 42.5 Å². The van der Waals surface area contributed by atoms with Gasteiger partial charge in [0.05, 0.1) is 6.10 Å². The number of carbonyl (C=O) groups is 1. The topological polar surface area (TPSA) is 50.8 Å². The van der Waals surface area contributed by atoms with Gasteiger partial charge in [-0.15, -0.1) is 0 Å². The molecule has 3 aromatic rings. The zero-order valence-electron chi connectivity index (χ0n) is 19.2. The number of hydrogen-bond acceptors (Lipinski definition) is 4. The van der Waals surface area contributed by atoms with Crippen LogP contribution >= 0.6 is 0 Å². The Bertz CT molecular complexity index is 1010. The summed E-state index contributed by atoms with van der Waals surface area (Å²) >= 11 is 0. The molecule has 1 N–H and O–H groups in total. The summed E-state index contributed by atoms with van der Waals surface area (Å²) in [5.74, 6) is 0.834. The van der Waals surface area contributed by atoms with E-state index in [2.05, 4.69) is 22.3 Å². The maximum atomic E-state index is 12.5. The fourth-order valence-corrected chi connectivity index (χ4v) is 4.12. The van der Waals surface area contributed by atoms with Crippen LogP contribution in [0.3, 0.4) is 0 Å². The molecule has 1 saturated heterocycles. The molecule has 0 aromatic heterocycles. The number of rotatable bonds is 9. The van der Waals surface area contributed by atoms with Gasteiger partial charge in [0, 0.05) is 38.0 Å². The van der Waals surface area contributed by atoms with Crippen LogP contribution in [0.1, 0.15) is 30.4 Å². The quantitative estimate of drug-likeness (QED) is 0.477. The molecule has 172 valence electrons. The maximum Gasteiger partial charge on any atom is 0.224 e. The average Bonchev–Trinajstić information content (AvgIpc) is 2.88. The van der Waals surface area contributed by atoms with Crippen molar-refractivity contribution in [2.45, 2.75) is 38.4 Å². The average molecular weight is 445 g/mol. The Kier molecular flexibility index (Phi) is 7.99. The first kappa shape index (κ1) is 22.9. The normalized spacial score (nSPS) is 14.2. The molecule has 0 radical (unpaired) electrons. The van der Waals surface area contributed by atoms with Crippen molar-refractivity contribution in [2.24, 2.45) is 0 Å². The first-order valence-electron chi connectivity index (χ1n) is 11.6. The molecule has 1 heterocycles. The summed E-state index contributed by atoms with van der Waals surface area (Å²) in [6.45, 7) is 2.53. The summed E-state index contributed by atoms with van der Waals surface area (Å²) in [5, 5.41) is 3.01. The number of nitrogens with zero attached hydrogens (tertiary/aromatic N) is 1. The van der Waals surface area contributed by atoms with E-state index in [1.807, 2.05) is 66.7 Å². The molecular formula is C28H32N2O3. The number of carbonyl (C=O) groups excluding carboxylic acids is 1. The van der Waals surface area contributed by atoms with Gasteiger partial charge in [-0.05, 0) is 66.8 Å². The Balaban J connectivity index is 1.23. The molecule has 4 rings (SSSR count). The Morgan fingerprint density at radius 1 is 0.939 bits per heavy atom. The molecule has 1 fully saturated rings. The van der Waals surface area contributed by atoms with Gasteiger partial charge in [0.2, 0.25) is 5.91 Å². The third kappa shape index (κ3) is 6.83. The molecule has 0 saturated carbocycles. The molecule has 5 nitrogen and oxygen atoms in total. The van der Waals surface area contributed by atoms with Gasteiger partial charge in [0.25, 0.3) is 0 Å². The molecular weight excluding hydrogens is 412 g/mol. The summed E-state index contributed by atoms with van der Waals surface area (Å²) in [4.78, 5) is 14.8. The predicted molar refractivity (Wildman–Crippen MR) is 133 cm³/mol. The van der Waals surface area contributed by atoms with Crippen LogP contribution in [-0.2, 0) is 22.6 Å². The molecule has 0 spiro atoms. The third-order valence-corrected chi connectivity index (χ3v) is 6.08. The minimum atomic E-state index is 0.0132. The van der Waals surface area contributed by atoms with Crippen LogP contribution in [0.2, 0.25) is 0 Å².